The van der Waals surface area contributed by atoms with E-state index in [2.05, 4.69) is 31.8 Å². The molecular weight excluding hydrogens is 448 g/mol. The second kappa shape index (κ2) is 11.1. The largest absolute Gasteiger partial charge is 0.508 e. The highest BCUT2D eigenvalue weighted by Gasteiger charge is 2.33. The Morgan fingerprint density at radius 3 is 2.83 bits per heavy atom. The lowest BCUT2D eigenvalue weighted by molar-refractivity contribution is -0.104. The Kier molecular flexibility index (Phi) is 7.68. The van der Waals surface area contributed by atoms with Gasteiger partial charge in [0.25, 0.3) is 0 Å². The summed E-state index contributed by atoms with van der Waals surface area (Å²) < 4.78 is 5.54. The molecule has 1 unspecified atom stereocenters. The van der Waals surface area contributed by atoms with Crippen LogP contribution in [-0.4, -0.2) is 99.0 Å². The molecule has 2 aliphatic rings. The van der Waals surface area contributed by atoms with E-state index in [1.807, 2.05) is 25.1 Å². The summed E-state index contributed by atoms with van der Waals surface area (Å²) in [5.74, 6) is 2.34. The molecule has 11 heteroatoms. The first-order chi connectivity index (χ1) is 17.0. The monoisotopic (exact) mass is 478 g/mol. The zero-order valence-electron chi connectivity index (χ0n) is 20.0. The van der Waals surface area contributed by atoms with Crippen molar-refractivity contribution in [3.05, 3.63) is 36.0 Å². The summed E-state index contributed by atoms with van der Waals surface area (Å²) in [5, 5.41) is 13.6. The molecule has 2 aromatic rings. The normalized spacial score (nSPS) is 18.1. The number of morpholine rings is 1. The predicted octanol–water partition coefficient (Wildman–Crippen LogP) is 1.62. The van der Waals surface area contributed by atoms with Gasteiger partial charge < -0.3 is 25.0 Å². The molecule has 0 saturated carbocycles. The molecule has 1 saturated heterocycles. The number of phenols is 1. The van der Waals surface area contributed by atoms with E-state index >= 15 is 0 Å². The fourth-order valence-electron chi connectivity index (χ4n) is 4.02. The summed E-state index contributed by atoms with van der Waals surface area (Å²) in [4.78, 5) is 35.0. The number of benzene rings is 1. The molecule has 2 aliphatic heterocycles. The number of phenolic OH excluding ortho intramolecular Hbond substituents is 1. The van der Waals surface area contributed by atoms with Gasteiger partial charge in [0.05, 0.1) is 25.5 Å². The third-order valence-corrected chi connectivity index (χ3v) is 5.82. The van der Waals surface area contributed by atoms with Gasteiger partial charge in [0.1, 0.15) is 17.6 Å². The van der Waals surface area contributed by atoms with Gasteiger partial charge in [-0.2, -0.15) is 0 Å². The van der Waals surface area contributed by atoms with Gasteiger partial charge in [-0.3, -0.25) is 19.7 Å². The Balaban J connectivity index is 1.57. The molecule has 0 bridgehead atoms. The van der Waals surface area contributed by atoms with Crippen molar-refractivity contribution in [3.8, 4) is 17.1 Å². The molecular formula is C24H30N8O3. The van der Waals surface area contributed by atoms with Crippen molar-refractivity contribution in [2.45, 2.75) is 6.17 Å². The molecule has 4 rings (SSSR count). The number of hydrogen-bond donors (Lipinski definition) is 2. The van der Waals surface area contributed by atoms with E-state index in [0.717, 1.165) is 36.0 Å². The summed E-state index contributed by atoms with van der Waals surface area (Å²) >= 11 is 0. The lowest BCUT2D eigenvalue weighted by atomic mass is 10.2. The minimum absolute atomic E-state index is 0.0605. The maximum atomic E-state index is 11.0. The molecule has 1 fully saturated rings. The number of rotatable bonds is 9. The highest BCUT2D eigenvalue weighted by molar-refractivity contribution is 6.01. The topological polar surface area (TPSA) is 119 Å². The molecule has 3 heterocycles. The van der Waals surface area contributed by atoms with Crippen LogP contribution < -0.4 is 15.1 Å². The Morgan fingerprint density at radius 2 is 2.11 bits per heavy atom. The number of aliphatic imine (C=N–C) groups is 2. The quantitative estimate of drug-likeness (QED) is 0.315. The summed E-state index contributed by atoms with van der Waals surface area (Å²) in [7, 11) is 3.95. The van der Waals surface area contributed by atoms with Crippen LogP contribution >= 0.6 is 0 Å². The van der Waals surface area contributed by atoms with Gasteiger partial charge in [-0.15, -0.1) is 0 Å². The third-order valence-electron chi connectivity index (χ3n) is 5.82. The summed E-state index contributed by atoms with van der Waals surface area (Å²) in [5.41, 5.74) is 1.99. The number of hydrogen-bond acceptors (Lipinski definition) is 11. The zero-order valence-corrected chi connectivity index (χ0v) is 20.0. The molecule has 0 amide bonds. The molecule has 1 aromatic carbocycles. The summed E-state index contributed by atoms with van der Waals surface area (Å²) in [6.45, 7) is 7.15. The van der Waals surface area contributed by atoms with Gasteiger partial charge in [-0.1, -0.05) is 12.1 Å². The Labute approximate surface area is 204 Å². The first-order valence-corrected chi connectivity index (χ1v) is 11.3. The number of aromatic nitrogens is 2. The molecule has 0 aliphatic carbocycles. The molecule has 184 valence electrons. The number of allylic oxidation sites excluding steroid dienone is 1. The van der Waals surface area contributed by atoms with Crippen molar-refractivity contribution >= 4 is 36.5 Å². The van der Waals surface area contributed by atoms with Crippen LogP contribution in [0.1, 0.15) is 0 Å². The average molecular weight is 479 g/mol. The fraction of sp³-hybridized carbons (Fsp3) is 0.375. The van der Waals surface area contributed by atoms with Crippen molar-refractivity contribution in [1.82, 2.24) is 14.9 Å². The second-order valence-electron chi connectivity index (χ2n) is 8.41. The van der Waals surface area contributed by atoms with Crippen LogP contribution in [0.25, 0.3) is 11.4 Å². The number of fused-ring (bicyclic) bond motifs is 1. The van der Waals surface area contributed by atoms with Crippen LogP contribution in [-0.2, 0) is 9.53 Å². The fourth-order valence-corrected chi connectivity index (χ4v) is 4.02. The molecule has 35 heavy (non-hydrogen) atoms. The minimum atomic E-state index is -0.0605. The number of likely N-dealkylation sites (N-methyl/N-ethyl adjacent to an activating group) is 2. The van der Waals surface area contributed by atoms with Crippen molar-refractivity contribution in [2.75, 3.05) is 68.7 Å². The van der Waals surface area contributed by atoms with E-state index in [9.17, 15) is 9.90 Å². The second-order valence-corrected chi connectivity index (χ2v) is 8.41. The van der Waals surface area contributed by atoms with E-state index in [1.54, 1.807) is 18.2 Å². The Bertz CT molecular complexity index is 1130. The molecule has 0 radical (unpaired) electrons. The molecule has 11 nitrogen and oxygen atoms in total. The van der Waals surface area contributed by atoms with Crippen molar-refractivity contribution in [2.24, 2.45) is 9.98 Å². The molecule has 1 aromatic heterocycles. The first-order valence-electron chi connectivity index (χ1n) is 11.3. The van der Waals surface area contributed by atoms with Gasteiger partial charge in [-0.25, -0.2) is 9.97 Å². The Morgan fingerprint density at radius 1 is 1.34 bits per heavy atom. The SMILES string of the molecule is C=N/C=C(/C=O)C=NCN(C)CC1Nc2c(N3CCOCC3)nc(-c3cccc(O)c3)nc2N1C. The molecule has 1 atom stereocenters. The van der Waals surface area contributed by atoms with E-state index < -0.39 is 0 Å². The number of nitrogens with one attached hydrogen (secondary N) is 1. The van der Waals surface area contributed by atoms with Crippen molar-refractivity contribution in [1.29, 1.82) is 0 Å². The number of anilines is 3. The number of carbonyl (C=O) groups is 1. The Hall–Kier alpha value is -3.83. The van der Waals surface area contributed by atoms with Crippen LogP contribution in [0.3, 0.4) is 0 Å². The average Bonchev–Trinajstić information content (AvgIpc) is 3.18. The van der Waals surface area contributed by atoms with Gasteiger partial charge in [0.2, 0.25) is 0 Å². The van der Waals surface area contributed by atoms with Gasteiger partial charge in [0.15, 0.2) is 23.7 Å². The minimum Gasteiger partial charge on any atom is -0.508 e. The van der Waals surface area contributed by atoms with Crippen LogP contribution in [0, 0.1) is 0 Å². The van der Waals surface area contributed by atoms with Crippen LogP contribution in [0.2, 0.25) is 0 Å². The van der Waals surface area contributed by atoms with Crippen molar-refractivity contribution < 1.29 is 14.6 Å². The van der Waals surface area contributed by atoms with Crippen molar-refractivity contribution in [3.63, 3.8) is 0 Å². The van der Waals surface area contributed by atoms with Crippen LogP contribution in [0.5, 0.6) is 5.75 Å². The zero-order chi connectivity index (χ0) is 24.8. The first kappa shape index (κ1) is 24.3. The van der Waals surface area contributed by atoms with Gasteiger partial charge in [0, 0.05) is 44.7 Å². The smallest absolute Gasteiger partial charge is 0.164 e. The standard InChI is InChI=1S/C24H30N8O3/c1-25-12-17(15-33)13-26-16-30(2)14-20-27-21-23(31(20)3)28-22(18-5-4-6-19(34)11-18)29-24(21)32-7-9-35-10-8-32/h4-6,11-13,15,20,27,34H,1,7-10,14,16H2,2-3H3/b17-12+,26-13?. The van der Waals surface area contributed by atoms with Gasteiger partial charge in [-0.05, 0) is 25.9 Å². The number of nitrogens with zero attached hydrogens (tertiary/aromatic N) is 7. The van der Waals surface area contributed by atoms with Gasteiger partial charge >= 0.3 is 0 Å². The number of aldehydes is 1. The molecule has 0 spiro atoms. The van der Waals surface area contributed by atoms with E-state index in [1.165, 1.54) is 12.4 Å². The van der Waals surface area contributed by atoms with E-state index in [-0.39, 0.29) is 11.9 Å². The van der Waals surface area contributed by atoms with E-state index in [4.69, 9.17) is 14.7 Å². The number of aromatic hydroxyl groups is 1. The van der Waals surface area contributed by atoms with E-state index in [0.29, 0.717) is 44.1 Å². The summed E-state index contributed by atoms with van der Waals surface area (Å²) in [6.07, 6.45) is 3.49. The summed E-state index contributed by atoms with van der Waals surface area (Å²) in [6, 6.07) is 6.97. The maximum absolute atomic E-state index is 11.0. The maximum Gasteiger partial charge on any atom is 0.164 e. The van der Waals surface area contributed by atoms with Crippen LogP contribution in [0.4, 0.5) is 17.3 Å². The number of ether oxygens (including phenoxy) is 1. The third kappa shape index (κ3) is 5.64. The lowest BCUT2D eigenvalue weighted by Crippen LogP contribution is -2.42. The highest BCUT2D eigenvalue weighted by atomic mass is 16.5. The lowest BCUT2D eigenvalue weighted by Gasteiger charge is -2.29. The van der Waals surface area contributed by atoms with Crippen LogP contribution in [0.15, 0.2) is 46.0 Å². The number of carbonyl (C=O) groups excluding carboxylic acids is 1. The predicted molar refractivity (Wildman–Crippen MR) is 138 cm³/mol. The molecule has 2 N–H and O–H groups in total. The highest BCUT2D eigenvalue weighted by Crippen LogP contribution is 2.40.